The number of hydrogen-bond donors (Lipinski definition) is 2. The second-order valence-corrected chi connectivity index (χ2v) is 6.27. The Morgan fingerprint density at radius 2 is 1.95 bits per heavy atom. The molecule has 3 N–H and O–H groups in total. The van der Waals surface area contributed by atoms with Crippen LogP contribution in [0.4, 0.5) is 11.4 Å². The summed E-state index contributed by atoms with van der Waals surface area (Å²) in [5.74, 6) is 0.325. The minimum Gasteiger partial charge on any atom is -0.495 e. The van der Waals surface area contributed by atoms with Crippen molar-refractivity contribution in [2.45, 2.75) is 0 Å². The lowest BCUT2D eigenvalue weighted by Crippen LogP contribution is -2.12. The molecule has 0 saturated carbocycles. The molecule has 4 nitrogen and oxygen atoms in total. The van der Waals surface area contributed by atoms with Gasteiger partial charge in [0.1, 0.15) is 5.75 Å². The summed E-state index contributed by atoms with van der Waals surface area (Å²) in [6.45, 7) is 0. The van der Waals surface area contributed by atoms with Gasteiger partial charge in [0, 0.05) is 16.1 Å². The van der Waals surface area contributed by atoms with Crippen LogP contribution in [0.2, 0.25) is 5.02 Å². The first kappa shape index (κ1) is 16.1. The Balaban J connectivity index is 2.29. The van der Waals surface area contributed by atoms with Gasteiger partial charge in [-0.2, -0.15) is 0 Å². The molecule has 0 unspecified atom stereocenters. The highest BCUT2D eigenvalue weighted by Gasteiger charge is 2.12. The number of nitrogen functional groups attached to an aromatic ring is 1. The zero-order valence-electron chi connectivity index (χ0n) is 10.9. The molecule has 0 aliphatic heterocycles. The maximum Gasteiger partial charge on any atom is 0.255 e. The Bertz CT molecular complexity index is 708. The molecular formula is C14H11Br2ClN2O2. The molecular weight excluding hydrogens is 423 g/mol. The normalized spacial score (nSPS) is 10.3. The van der Waals surface area contributed by atoms with Gasteiger partial charge in [0.2, 0.25) is 0 Å². The number of amides is 1. The van der Waals surface area contributed by atoms with Crippen LogP contribution in [-0.2, 0) is 0 Å². The number of rotatable bonds is 3. The van der Waals surface area contributed by atoms with Gasteiger partial charge < -0.3 is 15.8 Å². The summed E-state index contributed by atoms with van der Waals surface area (Å²) in [6.07, 6.45) is 0. The predicted octanol–water partition coefficient (Wildman–Crippen LogP) is 4.71. The molecule has 0 spiro atoms. The minimum absolute atomic E-state index is 0.290. The fourth-order valence-corrected chi connectivity index (χ4v) is 3.08. The molecule has 0 aliphatic carbocycles. The highest BCUT2D eigenvalue weighted by Crippen LogP contribution is 2.34. The number of ether oxygens (including phenoxy) is 1. The van der Waals surface area contributed by atoms with Crippen LogP contribution in [0.5, 0.6) is 5.75 Å². The number of nitrogens with two attached hydrogens (primary N) is 1. The van der Waals surface area contributed by atoms with Crippen LogP contribution in [0.25, 0.3) is 0 Å². The summed E-state index contributed by atoms with van der Waals surface area (Å²) in [6, 6.07) is 8.24. The molecule has 1 amide bonds. The van der Waals surface area contributed by atoms with E-state index in [1.807, 2.05) is 0 Å². The number of benzene rings is 2. The van der Waals surface area contributed by atoms with Gasteiger partial charge in [-0.1, -0.05) is 11.6 Å². The third-order valence-corrected chi connectivity index (χ3v) is 4.36. The molecule has 0 bridgehead atoms. The molecule has 21 heavy (non-hydrogen) atoms. The maximum absolute atomic E-state index is 12.2. The van der Waals surface area contributed by atoms with E-state index < -0.39 is 0 Å². The highest BCUT2D eigenvalue weighted by atomic mass is 79.9. The van der Waals surface area contributed by atoms with E-state index in [1.54, 1.807) is 31.4 Å². The first-order valence-corrected chi connectivity index (χ1v) is 7.78. The van der Waals surface area contributed by atoms with Gasteiger partial charge >= 0.3 is 0 Å². The molecule has 0 fully saturated rings. The van der Waals surface area contributed by atoms with Crippen molar-refractivity contribution in [3.63, 3.8) is 0 Å². The molecule has 0 atom stereocenters. The van der Waals surface area contributed by atoms with Gasteiger partial charge in [0.25, 0.3) is 5.91 Å². The third kappa shape index (κ3) is 3.70. The average Bonchev–Trinajstić information content (AvgIpc) is 2.44. The molecule has 0 heterocycles. The topological polar surface area (TPSA) is 64.3 Å². The molecule has 110 valence electrons. The lowest BCUT2D eigenvalue weighted by molar-refractivity contribution is 0.102. The number of halogens is 3. The number of carbonyl (C=O) groups excluding carboxylic acids is 1. The predicted molar refractivity (Wildman–Crippen MR) is 92.2 cm³/mol. The van der Waals surface area contributed by atoms with Gasteiger partial charge in [-0.3, -0.25) is 4.79 Å². The van der Waals surface area contributed by atoms with Gasteiger partial charge in [0.05, 0.1) is 28.0 Å². The maximum atomic E-state index is 12.2. The first-order chi connectivity index (χ1) is 9.92. The summed E-state index contributed by atoms with van der Waals surface area (Å²) in [5.41, 5.74) is 7.07. The smallest absolute Gasteiger partial charge is 0.255 e. The molecule has 0 radical (unpaired) electrons. The second kappa shape index (κ2) is 6.68. The van der Waals surface area contributed by atoms with E-state index in [1.165, 1.54) is 6.07 Å². The van der Waals surface area contributed by atoms with Crippen molar-refractivity contribution in [2.24, 2.45) is 0 Å². The fourth-order valence-electron chi connectivity index (χ4n) is 1.64. The molecule has 0 aliphatic rings. The zero-order chi connectivity index (χ0) is 15.6. The number of carbonyl (C=O) groups is 1. The number of hydrogen-bond acceptors (Lipinski definition) is 3. The Labute approximate surface area is 143 Å². The fraction of sp³-hybridized carbons (Fsp3) is 0.0714. The van der Waals surface area contributed by atoms with Crippen molar-refractivity contribution in [1.82, 2.24) is 0 Å². The lowest BCUT2D eigenvalue weighted by Gasteiger charge is -2.11. The number of anilines is 2. The lowest BCUT2D eigenvalue weighted by atomic mass is 10.2. The van der Waals surface area contributed by atoms with Crippen molar-refractivity contribution in [3.05, 3.63) is 49.9 Å². The van der Waals surface area contributed by atoms with E-state index in [-0.39, 0.29) is 5.91 Å². The van der Waals surface area contributed by atoms with Crippen LogP contribution in [0.1, 0.15) is 10.4 Å². The van der Waals surface area contributed by atoms with Crippen molar-refractivity contribution in [2.75, 3.05) is 18.2 Å². The van der Waals surface area contributed by atoms with E-state index in [9.17, 15) is 4.79 Å². The van der Waals surface area contributed by atoms with Crippen LogP contribution in [0, 0.1) is 0 Å². The summed E-state index contributed by atoms with van der Waals surface area (Å²) in [5, 5.41) is 3.13. The Hall–Kier alpha value is -1.24. The summed E-state index contributed by atoms with van der Waals surface area (Å²) < 4.78 is 6.72. The monoisotopic (exact) mass is 432 g/mol. The van der Waals surface area contributed by atoms with E-state index in [4.69, 9.17) is 22.1 Å². The van der Waals surface area contributed by atoms with E-state index in [0.717, 1.165) is 8.95 Å². The first-order valence-electron chi connectivity index (χ1n) is 5.81. The van der Waals surface area contributed by atoms with Gasteiger partial charge in [-0.05, 0) is 56.1 Å². The van der Waals surface area contributed by atoms with E-state index >= 15 is 0 Å². The minimum atomic E-state index is -0.290. The SMILES string of the molecule is COc1cc(NC(=O)c2ccc(N)c(Cl)c2)c(Br)cc1Br. The van der Waals surface area contributed by atoms with Crippen LogP contribution in [-0.4, -0.2) is 13.0 Å². The Morgan fingerprint density at radius 1 is 1.24 bits per heavy atom. The largest absolute Gasteiger partial charge is 0.495 e. The van der Waals surface area contributed by atoms with Crippen LogP contribution < -0.4 is 15.8 Å². The zero-order valence-corrected chi connectivity index (χ0v) is 14.8. The third-order valence-electron chi connectivity index (χ3n) is 2.75. The molecule has 2 aromatic rings. The summed E-state index contributed by atoms with van der Waals surface area (Å²) in [4.78, 5) is 12.2. The van der Waals surface area contributed by atoms with Crippen LogP contribution in [0.3, 0.4) is 0 Å². The molecule has 7 heteroatoms. The second-order valence-electron chi connectivity index (χ2n) is 4.16. The molecule has 2 rings (SSSR count). The highest BCUT2D eigenvalue weighted by molar-refractivity contribution is 9.11. The number of methoxy groups -OCH3 is 1. The molecule has 0 saturated heterocycles. The van der Waals surface area contributed by atoms with E-state index in [0.29, 0.717) is 27.7 Å². The summed E-state index contributed by atoms with van der Waals surface area (Å²) >= 11 is 12.7. The van der Waals surface area contributed by atoms with Crippen molar-refractivity contribution < 1.29 is 9.53 Å². The molecule has 2 aromatic carbocycles. The van der Waals surface area contributed by atoms with Crippen molar-refractivity contribution in [1.29, 1.82) is 0 Å². The standard InChI is InChI=1S/C14H11Br2ClN2O2/c1-21-13-6-12(8(15)5-9(13)16)19-14(20)7-2-3-11(18)10(17)4-7/h2-6H,18H2,1H3,(H,19,20). The van der Waals surface area contributed by atoms with Gasteiger partial charge in [-0.15, -0.1) is 0 Å². The van der Waals surface area contributed by atoms with Crippen LogP contribution >= 0.6 is 43.5 Å². The van der Waals surface area contributed by atoms with Gasteiger partial charge in [-0.25, -0.2) is 0 Å². The Morgan fingerprint density at radius 3 is 2.57 bits per heavy atom. The van der Waals surface area contributed by atoms with Crippen molar-refractivity contribution in [3.8, 4) is 5.75 Å². The number of nitrogens with one attached hydrogen (secondary N) is 1. The van der Waals surface area contributed by atoms with Gasteiger partial charge in [0.15, 0.2) is 0 Å². The Kier molecular flexibility index (Phi) is 5.13. The van der Waals surface area contributed by atoms with E-state index in [2.05, 4.69) is 37.2 Å². The van der Waals surface area contributed by atoms with Crippen LogP contribution in [0.15, 0.2) is 39.3 Å². The quantitative estimate of drug-likeness (QED) is 0.688. The van der Waals surface area contributed by atoms with Crippen molar-refractivity contribution >= 4 is 60.7 Å². The average molecular weight is 435 g/mol. The molecule has 0 aromatic heterocycles. The summed E-state index contributed by atoms with van der Waals surface area (Å²) in [7, 11) is 1.55.